The number of nitrogens with zero attached hydrogens (tertiary/aromatic N) is 3. The number of H-pyrrole nitrogens is 1. The summed E-state index contributed by atoms with van der Waals surface area (Å²) < 4.78 is 13.1. The number of rotatable bonds is 5. The molecule has 0 radical (unpaired) electrons. The molecule has 1 unspecified atom stereocenters. The number of hydrogen-bond acceptors (Lipinski definition) is 5. The van der Waals surface area contributed by atoms with Gasteiger partial charge < -0.3 is 19.9 Å². The van der Waals surface area contributed by atoms with Gasteiger partial charge in [0.15, 0.2) is 5.69 Å². The van der Waals surface area contributed by atoms with E-state index in [1.807, 2.05) is 6.07 Å². The van der Waals surface area contributed by atoms with Crippen LogP contribution in [-0.4, -0.2) is 50.3 Å². The molecule has 0 aliphatic carbocycles. The second-order valence-corrected chi connectivity index (χ2v) is 7.96. The molecule has 1 aromatic heterocycles. The molecule has 4 rings (SSSR count). The van der Waals surface area contributed by atoms with E-state index in [0.29, 0.717) is 30.5 Å². The molecule has 2 aromatic carbocycles. The maximum absolute atomic E-state index is 13.1. The lowest BCUT2D eigenvalue weighted by atomic mass is 10.1. The highest BCUT2D eigenvalue weighted by Crippen LogP contribution is 2.31. The highest BCUT2D eigenvalue weighted by atomic mass is 19.1. The van der Waals surface area contributed by atoms with Crippen molar-refractivity contribution in [3.63, 3.8) is 0 Å². The molecule has 1 fully saturated rings. The second kappa shape index (κ2) is 9.23. The summed E-state index contributed by atoms with van der Waals surface area (Å²) in [7, 11) is 1.49. The molecule has 2 N–H and O–H groups in total. The van der Waals surface area contributed by atoms with Gasteiger partial charge in [-0.05, 0) is 42.7 Å². The largest absolute Gasteiger partial charge is 0.501 e. The molecule has 1 aliphatic rings. The molecular weight excluding hydrogens is 427 g/mol. The molecule has 0 spiro atoms. The first-order chi connectivity index (χ1) is 15.8. The summed E-state index contributed by atoms with van der Waals surface area (Å²) in [6, 6.07) is 13.9. The zero-order valence-electron chi connectivity index (χ0n) is 18.0. The van der Waals surface area contributed by atoms with E-state index in [9.17, 15) is 23.9 Å². The first kappa shape index (κ1) is 22.2. The molecule has 1 saturated heterocycles. The van der Waals surface area contributed by atoms with Crippen LogP contribution in [0.2, 0.25) is 0 Å². The Morgan fingerprint density at radius 3 is 2.58 bits per heavy atom. The quantitative estimate of drug-likeness (QED) is 0.622. The van der Waals surface area contributed by atoms with E-state index in [2.05, 4.69) is 9.97 Å². The number of halogens is 1. The van der Waals surface area contributed by atoms with Crippen molar-refractivity contribution >= 4 is 11.8 Å². The van der Waals surface area contributed by atoms with Gasteiger partial charge in [0.1, 0.15) is 11.6 Å². The molecule has 0 bridgehead atoms. The summed E-state index contributed by atoms with van der Waals surface area (Å²) in [6.45, 7) is 0.612. The van der Waals surface area contributed by atoms with Gasteiger partial charge in [-0.15, -0.1) is 0 Å². The lowest BCUT2D eigenvalue weighted by Crippen LogP contribution is -2.34. The maximum atomic E-state index is 13.1. The number of aromatic nitrogens is 2. The smallest absolute Gasteiger partial charge is 0.294 e. The van der Waals surface area contributed by atoms with Gasteiger partial charge in [0.25, 0.3) is 17.4 Å². The molecule has 8 nitrogen and oxygen atoms in total. The van der Waals surface area contributed by atoms with Crippen molar-refractivity contribution in [2.45, 2.75) is 25.4 Å². The number of hydrogen-bond donors (Lipinski definition) is 2. The molecule has 170 valence electrons. The van der Waals surface area contributed by atoms with Gasteiger partial charge >= 0.3 is 0 Å². The maximum Gasteiger partial charge on any atom is 0.294 e. The minimum Gasteiger partial charge on any atom is -0.501 e. The van der Waals surface area contributed by atoms with Crippen LogP contribution < -0.4 is 5.56 Å². The van der Waals surface area contributed by atoms with Crippen LogP contribution in [0.1, 0.15) is 51.1 Å². The number of amides is 2. The van der Waals surface area contributed by atoms with Crippen LogP contribution in [0.3, 0.4) is 0 Å². The van der Waals surface area contributed by atoms with Crippen LogP contribution in [-0.2, 0) is 6.54 Å². The van der Waals surface area contributed by atoms with E-state index in [4.69, 9.17) is 0 Å². The van der Waals surface area contributed by atoms with Gasteiger partial charge in [0.05, 0.1) is 6.04 Å². The molecule has 33 heavy (non-hydrogen) atoms. The first-order valence-electron chi connectivity index (χ1n) is 10.5. The zero-order valence-corrected chi connectivity index (χ0v) is 18.0. The molecule has 2 heterocycles. The Balaban J connectivity index is 1.61. The lowest BCUT2D eigenvalue weighted by Gasteiger charge is -2.25. The molecule has 3 aromatic rings. The number of carbonyl (C=O) groups excluding carboxylic acids is 2. The van der Waals surface area contributed by atoms with E-state index >= 15 is 0 Å². The highest BCUT2D eigenvalue weighted by Gasteiger charge is 2.34. The van der Waals surface area contributed by atoms with Gasteiger partial charge in [-0.1, -0.05) is 30.3 Å². The fourth-order valence-corrected chi connectivity index (χ4v) is 3.95. The van der Waals surface area contributed by atoms with Crippen molar-refractivity contribution in [3.8, 4) is 5.75 Å². The molecule has 1 atom stereocenters. The van der Waals surface area contributed by atoms with Crippen molar-refractivity contribution in [2.75, 3.05) is 13.6 Å². The minimum atomic E-state index is -0.849. The lowest BCUT2D eigenvalue weighted by molar-refractivity contribution is 0.0729. The van der Waals surface area contributed by atoms with E-state index in [1.165, 1.54) is 24.1 Å². The molecule has 9 heteroatoms. The molecule has 1 aliphatic heterocycles. The van der Waals surface area contributed by atoms with Crippen molar-refractivity contribution in [1.82, 2.24) is 19.8 Å². The van der Waals surface area contributed by atoms with Gasteiger partial charge in [-0.2, -0.15) is 0 Å². The van der Waals surface area contributed by atoms with E-state index in [-0.39, 0.29) is 18.3 Å². The standard InChI is InChI=1S/C24H23FN4O4/c1-28(14-15-9-11-17(25)12-10-15)24(33)19-20(30)22(31)27-21(26-19)18-8-5-13-29(18)23(32)16-6-3-2-4-7-16/h2-4,6-7,9-12,18,30H,5,8,13-14H2,1H3,(H,26,27,31). The summed E-state index contributed by atoms with van der Waals surface area (Å²) in [5, 5.41) is 10.3. The number of carbonyl (C=O) groups is 2. The summed E-state index contributed by atoms with van der Waals surface area (Å²) in [5.74, 6) is -1.89. The van der Waals surface area contributed by atoms with Crippen LogP contribution in [0, 0.1) is 5.82 Å². The van der Waals surface area contributed by atoms with Crippen molar-refractivity contribution in [3.05, 3.63) is 93.4 Å². The normalized spacial score (nSPS) is 15.5. The predicted octanol–water partition coefficient (Wildman–Crippen LogP) is 2.86. The first-order valence-corrected chi connectivity index (χ1v) is 10.5. The Hall–Kier alpha value is -4.01. The topological polar surface area (TPSA) is 107 Å². The third-order valence-corrected chi connectivity index (χ3v) is 5.65. The number of nitrogens with one attached hydrogen (secondary N) is 1. The second-order valence-electron chi connectivity index (χ2n) is 7.96. The fourth-order valence-electron chi connectivity index (χ4n) is 3.95. The molecule has 2 amide bonds. The van der Waals surface area contributed by atoms with Gasteiger partial charge in [0.2, 0.25) is 5.75 Å². The van der Waals surface area contributed by atoms with E-state index < -0.39 is 34.8 Å². The van der Waals surface area contributed by atoms with Crippen molar-refractivity contribution < 1.29 is 19.1 Å². The Morgan fingerprint density at radius 2 is 1.88 bits per heavy atom. The third-order valence-electron chi connectivity index (χ3n) is 5.65. The van der Waals surface area contributed by atoms with Crippen LogP contribution in [0.15, 0.2) is 59.4 Å². The van der Waals surface area contributed by atoms with Gasteiger partial charge in [0, 0.05) is 25.7 Å². The summed E-state index contributed by atoms with van der Waals surface area (Å²) in [4.78, 5) is 48.1. The predicted molar refractivity (Wildman–Crippen MR) is 118 cm³/mol. The highest BCUT2D eigenvalue weighted by molar-refractivity contribution is 5.95. The minimum absolute atomic E-state index is 0.129. The monoisotopic (exact) mass is 450 g/mol. The Labute approximate surface area is 189 Å². The summed E-state index contributed by atoms with van der Waals surface area (Å²) in [6.07, 6.45) is 1.27. The number of aromatic hydroxyl groups is 1. The van der Waals surface area contributed by atoms with Crippen molar-refractivity contribution in [1.29, 1.82) is 0 Å². The number of likely N-dealkylation sites (tertiary alicyclic amines) is 1. The van der Waals surface area contributed by atoms with Crippen LogP contribution in [0.4, 0.5) is 4.39 Å². The fraction of sp³-hybridized carbons (Fsp3) is 0.250. The summed E-state index contributed by atoms with van der Waals surface area (Å²) in [5.41, 5.74) is -0.0528. The van der Waals surface area contributed by atoms with E-state index in [1.54, 1.807) is 41.3 Å². The van der Waals surface area contributed by atoms with Gasteiger partial charge in [-0.25, -0.2) is 9.37 Å². The number of benzene rings is 2. The molecular formula is C24H23FN4O4. The zero-order chi connectivity index (χ0) is 23.5. The van der Waals surface area contributed by atoms with Gasteiger partial charge in [-0.3, -0.25) is 14.4 Å². The SMILES string of the molecule is CN(Cc1ccc(F)cc1)C(=O)c1nc(C2CCCN2C(=O)c2ccccc2)[nH]c(=O)c1O. The van der Waals surface area contributed by atoms with Crippen molar-refractivity contribution in [2.24, 2.45) is 0 Å². The Bertz CT molecular complexity index is 1230. The Morgan fingerprint density at radius 1 is 1.18 bits per heavy atom. The van der Waals surface area contributed by atoms with Crippen LogP contribution in [0.25, 0.3) is 0 Å². The average molecular weight is 450 g/mol. The van der Waals surface area contributed by atoms with Crippen LogP contribution >= 0.6 is 0 Å². The van der Waals surface area contributed by atoms with Crippen LogP contribution in [0.5, 0.6) is 5.75 Å². The Kier molecular flexibility index (Phi) is 6.21. The average Bonchev–Trinajstić information content (AvgIpc) is 3.32. The van der Waals surface area contributed by atoms with E-state index in [0.717, 1.165) is 0 Å². The number of aromatic amines is 1. The summed E-state index contributed by atoms with van der Waals surface area (Å²) >= 11 is 0. The third kappa shape index (κ3) is 4.62. The molecule has 0 saturated carbocycles.